The topological polar surface area (TPSA) is 21.3 Å². The highest BCUT2D eigenvalue weighted by atomic mass is 16.5. The van der Waals surface area contributed by atoms with Crippen LogP contribution < -0.4 is 5.32 Å². The van der Waals surface area contributed by atoms with Gasteiger partial charge in [-0.05, 0) is 26.7 Å². The molecule has 0 aromatic heterocycles. The minimum absolute atomic E-state index is 0.0756. The standard InChI is InChI=1S/C8H15NO/c1-7(2)9-5-8(3-4-8)6-10-7/h9H,3-6H2,1-2H3. The fourth-order valence-corrected chi connectivity index (χ4v) is 1.33. The van der Waals surface area contributed by atoms with Crippen molar-refractivity contribution < 1.29 is 4.74 Å². The molecule has 1 saturated carbocycles. The van der Waals surface area contributed by atoms with Crippen molar-refractivity contribution in [1.29, 1.82) is 0 Å². The third-order valence-corrected chi connectivity index (χ3v) is 2.59. The molecule has 0 atom stereocenters. The molecule has 2 fully saturated rings. The van der Waals surface area contributed by atoms with Gasteiger partial charge in [-0.15, -0.1) is 0 Å². The van der Waals surface area contributed by atoms with Crippen molar-refractivity contribution in [3.05, 3.63) is 0 Å². The van der Waals surface area contributed by atoms with Crippen LogP contribution >= 0.6 is 0 Å². The molecule has 0 bridgehead atoms. The zero-order chi connectivity index (χ0) is 7.24. The van der Waals surface area contributed by atoms with Crippen molar-refractivity contribution in [3.63, 3.8) is 0 Å². The van der Waals surface area contributed by atoms with Crippen molar-refractivity contribution in [2.75, 3.05) is 13.2 Å². The van der Waals surface area contributed by atoms with Gasteiger partial charge in [0.05, 0.1) is 6.61 Å². The Balaban J connectivity index is 1.95. The summed E-state index contributed by atoms with van der Waals surface area (Å²) in [5.74, 6) is 0. The Labute approximate surface area is 61.9 Å². The van der Waals surface area contributed by atoms with E-state index in [1.807, 2.05) is 0 Å². The molecule has 2 nitrogen and oxygen atoms in total. The lowest BCUT2D eigenvalue weighted by Crippen LogP contribution is -2.51. The van der Waals surface area contributed by atoms with Crippen LogP contribution in [0.2, 0.25) is 0 Å². The second-order valence-corrected chi connectivity index (χ2v) is 4.15. The fourth-order valence-electron chi connectivity index (χ4n) is 1.33. The van der Waals surface area contributed by atoms with Crippen LogP contribution in [0.5, 0.6) is 0 Å². The minimum Gasteiger partial charge on any atom is -0.361 e. The molecule has 0 radical (unpaired) electrons. The Morgan fingerprint density at radius 1 is 1.30 bits per heavy atom. The number of hydrogen-bond donors (Lipinski definition) is 1. The summed E-state index contributed by atoms with van der Waals surface area (Å²) in [6.07, 6.45) is 2.71. The summed E-state index contributed by atoms with van der Waals surface area (Å²) in [6.45, 7) is 6.29. The first-order chi connectivity index (χ1) is 4.62. The smallest absolute Gasteiger partial charge is 0.113 e. The molecule has 58 valence electrons. The van der Waals surface area contributed by atoms with Gasteiger partial charge in [-0.3, -0.25) is 5.32 Å². The highest BCUT2D eigenvalue weighted by molar-refractivity contribution is 4.98. The molecule has 0 aromatic rings. The van der Waals surface area contributed by atoms with Crippen LogP contribution in [0.1, 0.15) is 26.7 Å². The predicted octanol–water partition coefficient (Wildman–Crippen LogP) is 1.12. The molecule has 2 aliphatic rings. The van der Waals surface area contributed by atoms with Gasteiger partial charge < -0.3 is 4.74 Å². The van der Waals surface area contributed by atoms with Crippen LogP contribution in [-0.4, -0.2) is 18.9 Å². The van der Waals surface area contributed by atoms with E-state index in [0.717, 1.165) is 13.2 Å². The number of ether oxygens (including phenoxy) is 1. The monoisotopic (exact) mass is 141 g/mol. The number of hydrogen-bond acceptors (Lipinski definition) is 2. The Hall–Kier alpha value is -0.0800. The van der Waals surface area contributed by atoms with Gasteiger partial charge in [-0.25, -0.2) is 0 Å². The zero-order valence-electron chi connectivity index (χ0n) is 6.74. The summed E-state index contributed by atoms with van der Waals surface area (Å²) in [7, 11) is 0. The van der Waals surface area contributed by atoms with Crippen molar-refractivity contribution >= 4 is 0 Å². The molecule has 0 unspecified atom stereocenters. The lowest BCUT2D eigenvalue weighted by atomic mass is 10.1. The first-order valence-corrected chi connectivity index (χ1v) is 4.01. The van der Waals surface area contributed by atoms with E-state index in [0.29, 0.717) is 5.41 Å². The van der Waals surface area contributed by atoms with Crippen LogP contribution in [0.15, 0.2) is 0 Å². The van der Waals surface area contributed by atoms with Gasteiger partial charge in [0.1, 0.15) is 5.72 Å². The molecular formula is C8H15NO. The summed E-state index contributed by atoms with van der Waals surface area (Å²) < 4.78 is 5.63. The molecule has 2 heteroatoms. The van der Waals surface area contributed by atoms with Crippen molar-refractivity contribution in [1.82, 2.24) is 5.32 Å². The van der Waals surface area contributed by atoms with E-state index in [2.05, 4.69) is 19.2 Å². The average molecular weight is 141 g/mol. The van der Waals surface area contributed by atoms with Crippen LogP contribution in [0.25, 0.3) is 0 Å². The maximum atomic E-state index is 5.63. The largest absolute Gasteiger partial charge is 0.361 e. The van der Waals surface area contributed by atoms with Crippen molar-refractivity contribution in [2.24, 2.45) is 5.41 Å². The quantitative estimate of drug-likeness (QED) is 0.546. The number of rotatable bonds is 0. The molecule has 2 rings (SSSR count). The highest BCUT2D eigenvalue weighted by Crippen LogP contribution is 2.47. The highest BCUT2D eigenvalue weighted by Gasteiger charge is 2.47. The first-order valence-electron chi connectivity index (χ1n) is 4.01. The first kappa shape index (κ1) is 6.62. The van der Waals surface area contributed by atoms with Gasteiger partial charge in [0.2, 0.25) is 0 Å². The molecule has 0 amide bonds. The lowest BCUT2D eigenvalue weighted by Gasteiger charge is -2.36. The van der Waals surface area contributed by atoms with E-state index in [9.17, 15) is 0 Å². The summed E-state index contributed by atoms with van der Waals surface area (Å²) in [4.78, 5) is 0. The Bertz CT molecular complexity index is 131. The van der Waals surface area contributed by atoms with E-state index >= 15 is 0 Å². The molecule has 1 saturated heterocycles. The molecule has 1 N–H and O–H groups in total. The van der Waals surface area contributed by atoms with Gasteiger partial charge in [0.15, 0.2) is 0 Å². The normalized spacial score (nSPS) is 34.2. The summed E-state index contributed by atoms with van der Waals surface area (Å²) >= 11 is 0. The second-order valence-electron chi connectivity index (χ2n) is 4.15. The summed E-state index contributed by atoms with van der Waals surface area (Å²) in [5.41, 5.74) is 0.476. The van der Waals surface area contributed by atoms with Gasteiger partial charge in [0, 0.05) is 12.0 Å². The zero-order valence-corrected chi connectivity index (χ0v) is 6.74. The molecule has 0 aromatic carbocycles. The van der Waals surface area contributed by atoms with Gasteiger partial charge >= 0.3 is 0 Å². The molecule has 1 spiro atoms. The van der Waals surface area contributed by atoms with Crippen molar-refractivity contribution in [2.45, 2.75) is 32.4 Å². The van der Waals surface area contributed by atoms with E-state index in [4.69, 9.17) is 4.74 Å². The average Bonchev–Trinajstić information content (AvgIpc) is 2.60. The number of nitrogens with one attached hydrogen (secondary N) is 1. The van der Waals surface area contributed by atoms with E-state index < -0.39 is 0 Å². The van der Waals surface area contributed by atoms with E-state index in [1.54, 1.807) is 0 Å². The van der Waals surface area contributed by atoms with Gasteiger partial charge in [-0.1, -0.05) is 0 Å². The SMILES string of the molecule is CC1(C)NCC2(CC2)CO1. The molecular weight excluding hydrogens is 126 g/mol. The summed E-state index contributed by atoms with van der Waals surface area (Å²) in [6, 6.07) is 0. The van der Waals surface area contributed by atoms with Crippen molar-refractivity contribution in [3.8, 4) is 0 Å². The van der Waals surface area contributed by atoms with Gasteiger partial charge in [0.25, 0.3) is 0 Å². The fraction of sp³-hybridized carbons (Fsp3) is 1.00. The molecule has 1 aliphatic carbocycles. The predicted molar refractivity (Wildman–Crippen MR) is 39.7 cm³/mol. The van der Waals surface area contributed by atoms with Crippen LogP contribution in [-0.2, 0) is 4.74 Å². The molecule has 1 aliphatic heterocycles. The van der Waals surface area contributed by atoms with E-state index in [1.165, 1.54) is 12.8 Å². The van der Waals surface area contributed by atoms with Crippen LogP contribution in [0.4, 0.5) is 0 Å². The lowest BCUT2D eigenvalue weighted by molar-refractivity contribution is -0.0980. The maximum absolute atomic E-state index is 5.63. The summed E-state index contributed by atoms with van der Waals surface area (Å²) in [5, 5.41) is 3.39. The van der Waals surface area contributed by atoms with E-state index in [-0.39, 0.29) is 5.72 Å². The van der Waals surface area contributed by atoms with Crippen LogP contribution in [0, 0.1) is 5.41 Å². The van der Waals surface area contributed by atoms with Crippen LogP contribution in [0.3, 0.4) is 0 Å². The third kappa shape index (κ3) is 1.06. The minimum atomic E-state index is -0.0756. The maximum Gasteiger partial charge on any atom is 0.113 e. The molecule has 10 heavy (non-hydrogen) atoms. The Morgan fingerprint density at radius 2 is 2.00 bits per heavy atom. The Kier molecular flexibility index (Phi) is 1.15. The third-order valence-electron chi connectivity index (χ3n) is 2.59. The second kappa shape index (κ2) is 1.74. The molecule has 1 heterocycles. The Morgan fingerprint density at radius 3 is 2.40 bits per heavy atom. The van der Waals surface area contributed by atoms with Gasteiger partial charge in [-0.2, -0.15) is 0 Å².